The van der Waals surface area contributed by atoms with Crippen molar-refractivity contribution in [1.29, 1.82) is 0 Å². The minimum absolute atomic E-state index is 0.279. The molecule has 0 heterocycles. The van der Waals surface area contributed by atoms with E-state index >= 15 is 0 Å². The third-order valence-electron chi connectivity index (χ3n) is 3.48. The fraction of sp³-hybridized carbons (Fsp3) is 0.467. The fourth-order valence-electron chi connectivity index (χ4n) is 1.85. The van der Waals surface area contributed by atoms with Crippen molar-refractivity contribution >= 4 is 12.0 Å². The number of carboxylic acids is 1. The van der Waals surface area contributed by atoms with E-state index in [1.165, 1.54) is 19.1 Å². The molecule has 1 rings (SSSR count). The Morgan fingerprint density at radius 1 is 1.33 bits per heavy atom. The molecule has 0 aliphatic rings. The molecule has 21 heavy (non-hydrogen) atoms. The zero-order chi connectivity index (χ0) is 16.0. The van der Waals surface area contributed by atoms with Crippen LogP contribution in [0.15, 0.2) is 18.2 Å². The molecule has 5 nitrogen and oxygen atoms in total. The first-order chi connectivity index (χ1) is 9.81. The minimum atomic E-state index is -0.954. The second-order valence-electron chi connectivity index (χ2n) is 5.14. The maximum absolute atomic E-state index is 13.0. The number of urea groups is 1. The molecule has 0 radical (unpaired) electrons. The second-order valence-corrected chi connectivity index (χ2v) is 5.14. The van der Waals surface area contributed by atoms with Crippen molar-refractivity contribution in [3.05, 3.63) is 35.1 Å². The number of nitrogens with one attached hydrogen (secondary N) is 2. The van der Waals surface area contributed by atoms with Crippen LogP contribution in [0.2, 0.25) is 0 Å². The van der Waals surface area contributed by atoms with E-state index in [4.69, 9.17) is 5.11 Å². The van der Waals surface area contributed by atoms with Gasteiger partial charge in [-0.2, -0.15) is 0 Å². The maximum atomic E-state index is 13.0. The number of aryl methyl sites for hydroxylation is 1. The number of aliphatic carboxylic acids is 1. The summed E-state index contributed by atoms with van der Waals surface area (Å²) in [6, 6.07) is 3.66. The van der Waals surface area contributed by atoms with Crippen LogP contribution in [0.3, 0.4) is 0 Å². The first kappa shape index (κ1) is 16.9. The smallest absolute Gasteiger partial charge is 0.315 e. The lowest BCUT2D eigenvalue weighted by molar-refractivity contribution is -0.141. The van der Waals surface area contributed by atoms with Crippen LogP contribution in [0.5, 0.6) is 0 Å². The molecule has 0 fully saturated rings. The summed E-state index contributed by atoms with van der Waals surface area (Å²) in [5, 5.41) is 14.1. The van der Waals surface area contributed by atoms with Gasteiger partial charge in [-0.25, -0.2) is 9.18 Å². The van der Waals surface area contributed by atoms with Crippen LogP contribution < -0.4 is 10.6 Å². The van der Waals surface area contributed by atoms with E-state index in [0.717, 1.165) is 11.1 Å². The van der Waals surface area contributed by atoms with Crippen LogP contribution in [0.25, 0.3) is 0 Å². The second kappa shape index (κ2) is 7.61. The van der Waals surface area contributed by atoms with Crippen LogP contribution in [0.4, 0.5) is 9.18 Å². The summed E-state index contributed by atoms with van der Waals surface area (Å²) in [5.74, 6) is -1.89. The molecule has 0 aliphatic heterocycles. The first-order valence-electron chi connectivity index (χ1n) is 6.83. The van der Waals surface area contributed by atoms with Crippen molar-refractivity contribution in [2.24, 2.45) is 5.92 Å². The zero-order valence-electron chi connectivity index (χ0n) is 12.4. The Labute approximate surface area is 123 Å². The summed E-state index contributed by atoms with van der Waals surface area (Å²) in [6.07, 6.45) is 0.586. The maximum Gasteiger partial charge on any atom is 0.315 e. The summed E-state index contributed by atoms with van der Waals surface area (Å²) in [7, 11) is 0. The molecule has 2 atom stereocenters. The van der Waals surface area contributed by atoms with Crippen LogP contribution in [-0.4, -0.2) is 29.7 Å². The molecule has 1 aromatic rings. The summed E-state index contributed by atoms with van der Waals surface area (Å²) in [5.41, 5.74) is 1.80. The summed E-state index contributed by atoms with van der Waals surface area (Å²) < 4.78 is 13.0. The third-order valence-corrected chi connectivity index (χ3v) is 3.48. The molecular formula is C15H21FN2O3. The molecule has 0 spiro atoms. The van der Waals surface area contributed by atoms with Gasteiger partial charge in [0.15, 0.2) is 0 Å². The largest absolute Gasteiger partial charge is 0.481 e. The molecule has 1 aromatic carbocycles. The topological polar surface area (TPSA) is 78.4 Å². The molecule has 2 unspecified atom stereocenters. The standard InChI is InChI=1S/C15H21FN2O3/c1-9-8-13(16)5-4-12(9)6-7-17-15(21)18-11(3)10(2)14(19)20/h4-5,8,10-11H,6-7H2,1-3H3,(H,19,20)(H2,17,18,21). The quantitative estimate of drug-likeness (QED) is 0.752. The van der Waals surface area contributed by atoms with Gasteiger partial charge < -0.3 is 15.7 Å². The highest BCUT2D eigenvalue weighted by atomic mass is 19.1. The molecule has 0 bridgehead atoms. The Bertz CT molecular complexity index is 520. The number of carbonyl (C=O) groups is 2. The van der Waals surface area contributed by atoms with Crippen LogP contribution in [-0.2, 0) is 11.2 Å². The Morgan fingerprint density at radius 3 is 2.57 bits per heavy atom. The summed E-state index contributed by atoms with van der Waals surface area (Å²) in [6.45, 7) is 5.39. The normalized spacial score (nSPS) is 13.3. The average Bonchev–Trinajstić information content (AvgIpc) is 2.40. The van der Waals surface area contributed by atoms with E-state index in [1.54, 1.807) is 13.0 Å². The van der Waals surface area contributed by atoms with Gasteiger partial charge in [-0.15, -0.1) is 0 Å². The average molecular weight is 296 g/mol. The lowest BCUT2D eigenvalue weighted by atomic mass is 10.0. The van der Waals surface area contributed by atoms with E-state index in [2.05, 4.69) is 10.6 Å². The number of carbonyl (C=O) groups excluding carboxylic acids is 1. The van der Waals surface area contributed by atoms with Gasteiger partial charge in [0.05, 0.1) is 5.92 Å². The first-order valence-corrected chi connectivity index (χ1v) is 6.83. The number of carboxylic acid groups (broad SMARTS) is 1. The van der Waals surface area contributed by atoms with Gasteiger partial charge in [-0.3, -0.25) is 4.79 Å². The number of rotatable bonds is 6. The van der Waals surface area contributed by atoms with Gasteiger partial charge >= 0.3 is 12.0 Å². The van der Waals surface area contributed by atoms with Crippen molar-refractivity contribution < 1.29 is 19.1 Å². The number of hydrogen-bond donors (Lipinski definition) is 3. The van der Waals surface area contributed by atoms with Gasteiger partial charge in [0.1, 0.15) is 5.82 Å². The van der Waals surface area contributed by atoms with E-state index in [0.29, 0.717) is 13.0 Å². The molecule has 0 saturated heterocycles. The van der Waals surface area contributed by atoms with Crippen molar-refractivity contribution in [2.45, 2.75) is 33.2 Å². The molecular weight excluding hydrogens is 275 g/mol. The number of halogens is 1. The zero-order valence-corrected chi connectivity index (χ0v) is 12.4. The fourth-order valence-corrected chi connectivity index (χ4v) is 1.85. The Morgan fingerprint density at radius 2 is 2.00 bits per heavy atom. The molecule has 116 valence electrons. The Balaban J connectivity index is 2.38. The SMILES string of the molecule is Cc1cc(F)ccc1CCNC(=O)NC(C)C(C)C(=O)O. The molecule has 2 amide bonds. The van der Waals surface area contributed by atoms with E-state index in [-0.39, 0.29) is 5.82 Å². The number of amides is 2. The Kier molecular flexibility index (Phi) is 6.14. The highest BCUT2D eigenvalue weighted by Gasteiger charge is 2.20. The number of hydrogen-bond acceptors (Lipinski definition) is 2. The van der Waals surface area contributed by atoms with E-state index in [1.807, 2.05) is 6.92 Å². The van der Waals surface area contributed by atoms with Crippen molar-refractivity contribution in [2.75, 3.05) is 6.54 Å². The summed E-state index contributed by atoms with van der Waals surface area (Å²) >= 11 is 0. The van der Waals surface area contributed by atoms with Crippen LogP contribution in [0, 0.1) is 18.7 Å². The highest BCUT2D eigenvalue weighted by molar-refractivity contribution is 5.76. The van der Waals surface area contributed by atoms with Crippen molar-refractivity contribution in [3.63, 3.8) is 0 Å². The van der Waals surface area contributed by atoms with E-state index in [9.17, 15) is 14.0 Å². The minimum Gasteiger partial charge on any atom is -0.481 e. The van der Waals surface area contributed by atoms with Crippen molar-refractivity contribution in [3.8, 4) is 0 Å². The number of benzene rings is 1. The van der Waals surface area contributed by atoms with Gasteiger partial charge in [-0.1, -0.05) is 6.07 Å². The molecule has 0 saturated carbocycles. The monoisotopic (exact) mass is 296 g/mol. The molecule has 0 aromatic heterocycles. The predicted molar refractivity (Wildman–Crippen MR) is 77.6 cm³/mol. The molecule has 3 N–H and O–H groups in total. The van der Waals surface area contributed by atoms with Crippen LogP contribution in [0.1, 0.15) is 25.0 Å². The van der Waals surface area contributed by atoms with Crippen molar-refractivity contribution in [1.82, 2.24) is 10.6 Å². The molecule has 6 heteroatoms. The summed E-state index contributed by atoms with van der Waals surface area (Å²) in [4.78, 5) is 22.4. The molecule has 0 aliphatic carbocycles. The van der Waals surface area contributed by atoms with Crippen LogP contribution >= 0.6 is 0 Å². The van der Waals surface area contributed by atoms with Gasteiger partial charge in [-0.05, 0) is 50.5 Å². The Hall–Kier alpha value is -2.11. The lowest BCUT2D eigenvalue weighted by Crippen LogP contribution is -2.45. The van der Waals surface area contributed by atoms with Gasteiger partial charge in [0.25, 0.3) is 0 Å². The van der Waals surface area contributed by atoms with Gasteiger partial charge in [0.2, 0.25) is 0 Å². The van der Waals surface area contributed by atoms with Gasteiger partial charge in [0, 0.05) is 12.6 Å². The highest BCUT2D eigenvalue weighted by Crippen LogP contribution is 2.10. The van der Waals surface area contributed by atoms with E-state index < -0.39 is 24.0 Å². The third kappa shape index (κ3) is 5.41. The predicted octanol–water partition coefficient (Wildman–Crippen LogP) is 2.09. The lowest BCUT2D eigenvalue weighted by Gasteiger charge is -2.18.